The van der Waals surface area contributed by atoms with Crippen LogP contribution in [0.5, 0.6) is 0 Å². The number of hydrogen-bond acceptors (Lipinski definition) is 6. The maximum atomic E-state index is 12.5. The third kappa shape index (κ3) is 3.65. The Hall–Kier alpha value is -2.19. The van der Waals surface area contributed by atoms with Crippen LogP contribution in [0.3, 0.4) is 0 Å². The summed E-state index contributed by atoms with van der Waals surface area (Å²) in [7, 11) is 0. The molecule has 0 spiro atoms. The molecule has 1 aliphatic rings. The Kier molecular flexibility index (Phi) is 4.56. The topological polar surface area (TPSA) is 122 Å². The van der Waals surface area contributed by atoms with Crippen LogP contribution in [0, 0.1) is 10.1 Å². The Morgan fingerprint density at radius 3 is 2.33 bits per heavy atom. The van der Waals surface area contributed by atoms with Crippen LogP contribution >= 0.6 is 0 Å². The van der Waals surface area contributed by atoms with Gasteiger partial charge in [-0.15, -0.1) is 0 Å². The molecule has 0 unspecified atom stereocenters. The molecule has 1 heterocycles. The van der Waals surface area contributed by atoms with Crippen molar-refractivity contribution in [3.8, 4) is 0 Å². The molecule has 2 rings (SSSR count). The molecule has 8 heteroatoms. The summed E-state index contributed by atoms with van der Waals surface area (Å²) in [6.45, 7) is 7.60. The van der Waals surface area contributed by atoms with Gasteiger partial charge in [-0.25, -0.2) is 0 Å². The van der Waals surface area contributed by atoms with E-state index < -0.39 is 21.9 Å². The van der Waals surface area contributed by atoms with Crippen molar-refractivity contribution in [2.75, 3.05) is 5.73 Å². The van der Waals surface area contributed by atoms with Crippen molar-refractivity contribution in [2.24, 2.45) is 0 Å². The molecule has 1 aliphatic heterocycles. The van der Waals surface area contributed by atoms with Gasteiger partial charge >= 0.3 is 0 Å². The SMILES string of the molecule is CC1(C)CC(NC(=O)c2cc(N)cc([N+](=O)[O-])c2)CC(C)(C)N1O. The molecule has 1 saturated heterocycles. The number of anilines is 1. The van der Waals surface area contributed by atoms with Crippen molar-refractivity contribution >= 4 is 17.3 Å². The summed E-state index contributed by atoms with van der Waals surface area (Å²) >= 11 is 0. The van der Waals surface area contributed by atoms with Gasteiger partial charge in [0, 0.05) is 40.5 Å². The number of carbonyl (C=O) groups excluding carboxylic acids is 1. The zero-order valence-corrected chi connectivity index (χ0v) is 14.4. The Bertz CT molecular complexity index is 654. The van der Waals surface area contributed by atoms with Crippen molar-refractivity contribution in [2.45, 2.75) is 57.7 Å². The maximum Gasteiger partial charge on any atom is 0.272 e. The van der Waals surface area contributed by atoms with Gasteiger partial charge in [-0.1, -0.05) is 0 Å². The van der Waals surface area contributed by atoms with E-state index in [9.17, 15) is 20.1 Å². The maximum absolute atomic E-state index is 12.5. The second-order valence-electron chi connectivity index (χ2n) is 7.59. The first-order valence-corrected chi connectivity index (χ1v) is 7.77. The highest BCUT2D eigenvalue weighted by Gasteiger charge is 2.45. The summed E-state index contributed by atoms with van der Waals surface area (Å²) in [5, 5.41) is 25.4. The quantitative estimate of drug-likeness (QED) is 0.442. The van der Waals surface area contributed by atoms with Crippen molar-refractivity contribution in [1.29, 1.82) is 0 Å². The minimum absolute atomic E-state index is 0.156. The van der Waals surface area contributed by atoms with Crippen LogP contribution in [-0.4, -0.2) is 38.2 Å². The fourth-order valence-corrected chi connectivity index (χ4v) is 3.51. The zero-order valence-electron chi connectivity index (χ0n) is 14.4. The Balaban J connectivity index is 2.20. The van der Waals surface area contributed by atoms with Gasteiger partial charge in [-0.05, 0) is 46.6 Å². The summed E-state index contributed by atoms with van der Waals surface area (Å²) in [6.07, 6.45) is 1.12. The number of rotatable bonds is 3. The molecular weight excluding hydrogens is 312 g/mol. The van der Waals surface area contributed by atoms with Gasteiger partial charge in [0.2, 0.25) is 0 Å². The number of non-ortho nitro benzene ring substituents is 1. The molecule has 4 N–H and O–H groups in total. The van der Waals surface area contributed by atoms with Crippen LogP contribution in [0.2, 0.25) is 0 Å². The van der Waals surface area contributed by atoms with Crippen LogP contribution in [-0.2, 0) is 0 Å². The standard InChI is InChI=1S/C16H24N4O4/c1-15(2)8-12(9-16(3,4)20(15)24)18-14(21)10-5-11(17)7-13(6-10)19(22)23/h5-7,12,24H,8-9,17H2,1-4H3,(H,18,21). The lowest BCUT2D eigenvalue weighted by molar-refractivity contribution is -0.384. The molecule has 0 aromatic heterocycles. The number of hydroxylamine groups is 2. The lowest BCUT2D eigenvalue weighted by Crippen LogP contribution is -2.62. The first-order chi connectivity index (χ1) is 10.9. The second kappa shape index (κ2) is 6.03. The number of piperidine rings is 1. The van der Waals surface area contributed by atoms with E-state index in [0.29, 0.717) is 12.8 Å². The zero-order chi connectivity index (χ0) is 18.3. The van der Waals surface area contributed by atoms with E-state index in [1.807, 2.05) is 27.7 Å². The third-order valence-electron chi connectivity index (χ3n) is 4.39. The van der Waals surface area contributed by atoms with Crippen LogP contribution in [0.25, 0.3) is 0 Å². The van der Waals surface area contributed by atoms with E-state index in [0.717, 1.165) is 0 Å². The van der Waals surface area contributed by atoms with Crippen LogP contribution in [0.1, 0.15) is 50.9 Å². The van der Waals surface area contributed by atoms with Crippen molar-refractivity contribution in [1.82, 2.24) is 10.4 Å². The molecule has 0 aliphatic carbocycles. The largest absolute Gasteiger partial charge is 0.399 e. The number of nitrogen functional groups attached to an aromatic ring is 1. The van der Waals surface area contributed by atoms with Gasteiger partial charge in [0.25, 0.3) is 11.6 Å². The summed E-state index contributed by atoms with van der Waals surface area (Å²) in [5.41, 5.74) is 4.76. The van der Waals surface area contributed by atoms with E-state index in [2.05, 4.69) is 5.32 Å². The number of nitro groups is 1. The highest BCUT2D eigenvalue weighted by atomic mass is 16.6. The monoisotopic (exact) mass is 336 g/mol. The smallest absolute Gasteiger partial charge is 0.272 e. The molecule has 1 amide bonds. The molecule has 8 nitrogen and oxygen atoms in total. The highest BCUT2D eigenvalue weighted by Crippen LogP contribution is 2.36. The first-order valence-electron chi connectivity index (χ1n) is 7.77. The first kappa shape index (κ1) is 18.2. The van der Waals surface area contributed by atoms with Gasteiger partial charge in [0.05, 0.1) is 4.92 Å². The predicted octanol–water partition coefficient (Wildman–Crippen LogP) is 2.32. The lowest BCUT2D eigenvalue weighted by Gasteiger charge is -2.51. The summed E-state index contributed by atoms with van der Waals surface area (Å²) < 4.78 is 0. The fourth-order valence-electron chi connectivity index (χ4n) is 3.51. The number of nitro benzene ring substituents is 1. The molecule has 1 aromatic carbocycles. The Morgan fingerprint density at radius 1 is 1.29 bits per heavy atom. The van der Waals surface area contributed by atoms with Gasteiger partial charge in [0.15, 0.2) is 0 Å². The van der Waals surface area contributed by atoms with Crippen molar-refractivity contribution < 1.29 is 14.9 Å². The molecule has 132 valence electrons. The predicted molar refractivity (Wildman–Crippen MR) is 89.8 cm³/mol. The summed E-state index contributed by atoms with van der Waals surface area (Å²) in [6, 6.07) is 3.68. The molecule has 0 saturated carbocycles. The molecule has 0 atom stereocenters. The number of nitrogens with zero attached hydrogens (tertiary/aromatic N) is 2. The average molecular weight is 336 g/mol. The summed E-state index contributed by atoms with van der Waals surface area (Å²) in [4.78, 5) is 22.8. The van der Waals surface area contributed by atoms with Gasteiger partial charge in [-0.2, -0.15) is 5.06 Å². The average Bonchev–Trinajstić information content (AvgIpc) is 2.43. The van der Waals surface area contributed by atoms with Gasteiger partial charge in [-0.3, -0.25) is 14.9 Å². The molecule has 1 fully saturated rings. The molecule has 1 aromatic rings. The number of hydrogen-bond donors (Lipinski definition) is 3. The van der Waals surface area contributed by atoms with E-state index in [1.54, 1.807) is 0 Å². The van der Waals surface area contributed by atoms with E-state index >= 15 is 0 Å². The molecule has 24 heavy (non-hydrogen) atoms. The Morgan fingerprint density at radius 2 is 1.83 bits per heavy atom. The van der Waals surface area contributed by atoms with Gasteiger partial charge < -0.3 is 16.3 Å². The lowest BCUT2D eigenvalue weighted by atomic mass is 9.79. The highest BCUT2D eigenvalue weighted by molar-refractivity contribution is 5.96. The van der Waals surface area contributed by atoms with E-state index in [1.165, 1.54) is 23.3 Å². The van der Waals surface area contributed by atoms with E-state index in [-0.39, 0.29) is 23.0 Å². The van der Waals surface area contributed by atoms with Crippen molar-refractivity contribution in [3.63, 3.8) is 0 Å². The Labute approximate surface area is 140 Å². The van der Waals surface area contributed by atoms with E-state index in [4.69, 9.17) is 5.73 Å². The van der Waals surface area contributed by atoms with Crippen LogP contribution in [0.15, 0.2) is 18.2 Å². The van der Waals surface area contributed by atoms with Gasteiger partial charge in [0.1, 0.15) is 0 Å². The fraction of sp³-hybridized carbons (Fsp3) is 0.562. The number of nitrogens with two attached hydrogens (primary N) is 1. The number of benzene rings is 1. The molecule has 0 radical (unpaired) electrons. The van der Waals surface area contributed by atoms with Crippen LogP contribution in [0.4, 0.5) is 11.4 Å². The summed E-state index contributed by atoms with van der Waals surface area (Å²) in [5.74, 6) is -0.409. The molecule has 0 bridgehead atoms. The second-order valence-corrected chi connectivity index (χ2v) is 7.59. The third-order valence-corrected chi connectivity index (χ3v) is 4.39. The van der Waals surface area contributed by atoms with Crippen LogP contribution < -0.4 is 11.1 Å². The molecular formula is C16H24N4O4. The van der Waals surface area contributed by atoms with Crippen molar-refractivity contribution in [3.05, 3.63) is 33.9 Å². The normalized spacial score (nSPS) is 20.5. The minimum Gasteiger partial charge on any atom is -0.399 e. The number of amides is 1. The number of nitrogens with one attached hydrogen (secondary N) is 1. The minimum atomic E-state index is -0.580. The number of carbonyl (C=O) groups is 1.